The number of hydrogen-bond donors (Lipinski definition) is 2. The molecule has 108 valence electrons. The number of methoxy groups -OCH3 is 1. The standard InChI is InChI=1S/C14H20BrNO2.ClH/c1-18-10-7-11(14(17)12(15)8-10)13(16)9-5-3-2-4-6-9;/h7-9,13,17H,2-6,16H2,1H3;1H/t13-;/m1./s1. The maximum Gasteiger partial charge on any atom is 0.134 e. The van der Waals surface area contributed by atoms with E-state index in [-0.39, 0.29) is 24.2 Å². The number of rotatable bonds is 3. The Morgan fingerprint density at radius 3 is 2.53 bits per heavy atom. The topological polar surface area (TPSA) is 55.5 Å². The van der Waals surface area contributed by atoms with Crippen molar-refractivity contribution in [3.8, 4) is 11.5 Å². The largest absolute Gasteiger partial charge is 0.506 e. The van der Waals surface area contributed by atoms with Gasteiger partial charge in [-0.15, -0.1) is 12.4 Å². The predicted octanol–water partition coefficient (Wildman–Crippen LogP) is 4.17. The second-order valence-electron chi connectivity index (χ2n) is 4.97. The van der Waals surface area contributed by atoms with Gasteiger partial charge in [0.15, 0.2) is 0 Å². The van der Waals surface area contributed by atoms with E-state index in [1.165, 1.54) is 19.3 Å². The maximum absolute atomic E-state index is 10.1. The third kappa shape index (κ3) is 3.77. The highest BCUT2D eigenvalue weighted by molar-refractivity contribution is 9.10. The summed E-state index contributed by atoms with van der Waals surface area (Å²) in [4.78, 5) is 0. The molecule has 1 aromatic carbocycles. The second-order valence-corrected chi connectivity index (χ2v) is 5.83. The van der Waals surface area contributed by atoms with E-state index in [0.29, 0.717) is 10.4 Å². The van der Waals surface area contributed by atoms with Crippen molar-refractivity contribution in [3.63, 3.8) is 0 Å². The Morgan fingerprint density at radius 1 is 1.32 bits per heavy atom. The number of nitrogens with two attached hydrogens (primary N) is 1. The summed E-state index contributed by atoms with van der Waals surface area (Å²) >= 11 is 3.34. The number of halogens is 2. The van der Waals surface area contributed by atoms with E-state index < -0.39 is 0 Å². The lowest BCUT2D eigenvalue weighted by molar-refractivity contribution is 0.302. The molecule has 0 aliphatic heterocycles. The summed E-state index contributed by atoms with van der Waals surface area (Å²) in [5.74, 6) is 1.43. The zero-order valence-corrected chi connectivity index (χ0v) is 13.5. The number of hydrogen-bond acceptors (Lipinski definition) is 3. The molecular formula is C14H21BrClNO2. The lowest BCUT2D eigenvalue weighted by Gasteiger charge is -2.28. The van der Waals surface area contributed by atoms with Gasteiger partial charge in [-0.2, -0.15) is 0 Å². The van der Waals surface area contributed by atoms with Gasteiger partial charge in [-0.3, -0.25) is 0 Å². The van der Waals surface area contributed by atoms with E-state index in [9.17, 15) is 5.11 Å². The first kappa shape index (κ1) is 16.6. The molecule has 1 atom stereocenters. The molecule has 0 saturated heterocycles. The molecule has 3 N–H and O–H groups in total. The van der Waals surface area contributed by atoms with Crippen molar-refractivity contribution >= 4 is 28.3 Å². The lowest BCUT2D eigenvalue weighted by atomic mass is 9.81. The van der Waals surface area contributed by atoms with Crippen LogP contribution in [0.3, 0.4) is 0 Å². The van der Waals surface area contributed by atoms with Crippen LogP contribution >= 0.6 is 28.3 Å². The molecule has 0 aromatic heterocycles. The minimum atomic E-state index is -0.114. The highest BCUT2D eigenvalue weighted by atomic mass is 79.9. The van der Waals surface area contributed by atoms with Gasteiger partial charge in [-0.1, -0.05) is 19.3 Å². The van der Waals surface area contributed by atoms with Crippen LogP contribution in [0, 0.1) is 5.92 Å². The Bertz CT molecular complexity index is 422. The van der Waals surface area contributed by atoms with Gasteiger partial charge in [-0.25, -0.2) is 0 Å². The minimum absolute atomic E-state index is 0. The monoisotopic (exact) mass is 349 g/mol. The normalized spacial score (nSPS) is 17.6. The molecule has 0 amide bonds. The van der Waals surface area contributed by atoms with E-state index in [0.717, 1.165) is 24.2 Å². The van der Waals surface area contributed by atoms with E-state index in [1.807, 2.05) is 6.07 Å². The van der Waals surface area contributed by atoms with Gasteiger partial charge in [0.1, 0.15) is 11.5 Å². The van der Waals surface area contributed by atoms with Gasteiger partial charge >= 0.3 is 0 Å². The zero-order valence-electron chi connectivity index (χ0n) is 11.1. The fourth-order valence-corrected chi connectivity index (χ4v) is 3.17. The van der Waals surface area contributed by atoms with Crippen molar-refractivity contribution in [2.75, 3.05) is 7.11 Å². The van der Waals surface area contributed by atoms with Gasteiger partial charge in [0.25, 0.3) is 0 Å². The van der Waals surface area contributed by atoms with Crippen molar-refractivity contribution in [3.05, 3.63) is 22.2 Å². The SMILES string of the molecule is COc1cc(Br)c(O)c([C@H](N)C2CCCCC2)c1.Cl. The average molecular weight is 351 g/mol. The molecule has 0 spiro atoms. The molecular weight excluding hydrogens is 330 g/mol. The molecule has 1 aliphatic carbocycles. The fourth-order valence-electron chi connectivity index (χ4n) is 2.71. The van der Waals surface area contributed by atoms with Crippen LogP contribution in [0.1, 0.15) is 43.7 Å². The summed E-state index contributed by atoms with van der Waals surface area (Å²) in [5.41, 5.74) is 7.11. The summed E-state index contributed by atoms with van der Waals surface area (Å²) in [7, 11) is 1.62. The second kappa shape index (κ2) is 7.36. The summed E-state index contributed by atoms with van der Waals surface area (Å²) in [6, 6.07) is 3.49. The maximum atomic E-state index is 10.1. The quantitative estimate of drug-likeness (QED) is 0.860. The van der Waals surface area contributed by atoms with Crippen LogP contribution in [0.4, 0.5) is 0 Å². The van der Waals surface area contributed by atoms with E-state index >= 15 is 0 Å². The number of phenolic OH excluding ortho intramolecular Hbond substituents is 1. The van der Waals surface area contributed by atoms with Crippen molar-refractivity contribution in [2.24, 2.45) is 11.7 Å². The van der Waals surface area contributed by atoms with Crippen molar-refractivity contribution in [1.82, 2.24) is 0 Å². The number of aromatic hydroxyl groups is 1. The minimum Gasteiger partial charge on any atom is -0.506 e. The summed E-state index contributed by atoms with van der Waals surface area (Å²) in [6.07, 6.45) is 6.08. The summed E-state index contributed by atoms with van der Waals surface area (Å²) in [6.45, 7) is 0. The molecule has 1 fully saturated rings. The highest BCUT2D eigenvalue weighted by Gasteiger charge is 2.25. The van der Waals surface area contributed by atoms with Gasteiger partial charge < -0.3 is 15.6 Å². The van der Waals surface area contributed by atoms with Crippen molar-refractivity contribution < 1.29 is 9.84 Å². The predicted molar refractivity (Wildman–Crippen MR) is 83.1 cm³/mol. The Kier molecular flexibility index (Phi) is 6.43. The molecule has 0 bridgehead atoms. The van der Waals surface area contributed by atoms with E-state index in [1.54, 1.807) is 13.2 Å². The molecule has 3 nitrogen and oxygen atoms in total. The summed E-state index contributed by atoms with van der Waals surface area (Å²) in [5, 5.41) is 10.1. The Hall–Kier alpha value is -0.450. The van der Waals surface area contributed by atoms with Crippen molar-refractivity contribution in [2.45, 2.75) is 38.1 Å². The molecule has 1 aliphatic rings. The van der Waals surface area contributed by atoms with Gasteiger partial charge in [0.2, 0.25) is 0 Å². The van der Waals surface area contributed by atoms with Crippen LogP contribution in [0.5, 0.6) is 11.5 Å². The van der Waals surface area contributed by atoms with Crippen LogP contribution in [0.2, 0.25) is 0 Å². The first-order chi connectivity index (χ1) is 8.63. The molecule has 1 aromatic rings. The van der Waals surface area contributed by atoms with E-state index in [2.05, 4.69) is 15.9 Å². The number of phenols is 1. The summed E-state index contributed by atoms with van der Waals surface area (Å²) < 4.78 is 5.87. The van der Waals surface area contributed by atoms with Crippen LogP contribution in [-0.2, 0) is 0 Å². The number of benzene rings is 1. The Morgan fingerprint density at radius 2 is 1.95 bits per heavy atom. The first-order valence-electron chi connectivity index (χ1n) is 6.45. The van der Waals surface area contributed by atoms with Gasteiger partial charge in [0, 0.05) is 11.6 Å². The third-order valence-electron chi connectivity index (χ3n) is 3.82. The van der Waals surface area contributed by atoms with Crippen LogP contribution in [-0.4, -0.2) is 12.2 Å². The van der Waals surface area contributed by atoms with Crippen LogP contribution < -0.4 is 10.5 Å². The third-order valence-corrected chi connectivity index (χ3v) is 4.42. The zero-order chi connectivity index (χ0) is 13.1. The smallest absolute Gasteiger partial charge is 0.134 e. The van der Waals surface area contributed by atoms with Crippen LogP contribution in [0.25, 0.3) is 0 Å². The van der Waals surface area contributed by atoms with E-state index in [4.69, 9.17) is 10.5 Å². The van der Waals surface area contributed by atoms with Crippen LogP contribution in [0.15, 0.2) is 16.6 Å². The lowest BCUT2D eigenvalue weighted by Crippen LogP contribution is -2.23. The Labute approximate surface area is 129 Å². The highest BCUT2D eigenvalue weighted by Crippen LogP contribution is 2.40. The molecule has 2 rings (SSSR count). The molecule has 19 heavy (non-hydrogen) atoms. The molecule has 5 heteroatoms. The molecule has 1 saturated carbocycles. The first-order valence-corrected chi connectivity index (χ1v) is 7.24. The van der Waals surface area contributed by atoms with Crippen molar-refractivity contribution in [1.29, 1.82) is 0 Å². The molecule has 0 radical (unpaired) electrons. The molecule has 0 unspecified atom stereocenters. The molecule has 0 heterocycles. The average Bonchev–Trinajstić information content (AvgIpc) is 2.42. The van der Waals surface area contributed by atoms with Gasteiger partial charge in [-0.05, 0) is 46.8 Å². The Balaban J connectivity index is 0.00000180. The number of ether oxygens (including phenoxy) is 1. The fraction of sp³-hybridized carbons (Fsp3) is 0.571. The van der Waals surface area contributed by atoms with Gasteiger partial charge in [0.05, 0.1) is 11.6 Å².